The Labute approximate surface area is 45.0 Å². The quantitative estimate of drug-likeness (QED) is 0.379. The molecular formula is C4H11BS. The van der Waals surface area contributed by atoms with Crippen LogP contribution < -0.4 is 0 Å². The van der Waals surface area contributed by atoms with E-state index in [9.17, 15) is 0 Å². The maximum atomic E-state index is 2.22. The van der Waals surface area contributed by atoms with Crippen molar-refractivity contribution < 1.29 is 0 Å². The molecule has 0 nitrogen and oxygen atoms in total. The van der Waals surface area contributed by atoms with Gasteiger partial charge < -0.3 is 0 Å². The normalized spacial score (nSPS) is 8.83. The summed E-state index contributed by atoms with van der Waals surface area (Å²) in [6.45, 7) is 2.22. The van der Waals surface area contributed by atoms with E-state index in [0.29, 0.717) is 0 Å². The minimum Gasteiger partial charge on any atom is -0.220 e. The maximum Gasteiger partial charge on any atom is 0.173 e. The van der Waals surface area contributed by atoms with Crippen LogP contribution in [0.2, 0.25) is 0 Å². The Bertz CT molecular complexity index is 19.5. The Morgan fingerprint density at radius 1 is 1.67 bits per heavy atom. The molecule has 0 bridgehead atoms. The Balaban J connectivity index is 2.34. The minimum absolute atomic E-state index is 1.33. The van der Waals surface area contributed by atoms with E-state index < -0.39 is 0 Å². The summed E-state index contributed by atoms with van der Waals surface area (Å²) in [5.74, 6) is 1.33. The average molecular weight is 102 g/mol. The summed E-state index contributed by atoms with van der Waals surface area (Å²) in [6.07, 6.45) is 2.71. The number of unbranched alkanes of at least 4 members (excludes halogenated alkanes) is 1. The molecule has 0 atom stereocenters. The van der Waals surface area contributed by atoms with Gasteiger partial charge in [0.05, 0.1) is 0 Å². The SMILES string of the molecule is BSCCCC. The Hall–Kier alpha value is 0.415. The standard InChI is InChI=1S/C4H11BS/c1-2-3-4-6-5/h2-5H2,1H3. The molecule has 0 heterocycles. The fraction of sp³-hybridized carbons (Fsp3) is 1.00. The van der Waals surface area contributed by atoms with Gasteiger partial charge in [-0.3, -0.25) is 0 Å². The van der Waals surface area contributed by atoms with Crippen molar-refractivity contribution in [1.29, 1.82) is 0 Å². The van der Waals surface area contributed by atoms with Gasteiger partial charge in [-0.2, -0.15) is 0 Å². The lowest BCUT2D eigenvalue weighted by Gasteiger charge is -1.86. The Kier molecular flexibility index (Phi) is 5.79. The van der Waals surface area contributed by atoms with Gasteiger partial charge >= 0.3 is 0 Å². The van der Waals surface area contributed by atoms with Gasteiger partial charge in [0, 0.05) is 0 Å². The van der Waals surface area contributed by atoms with E-state index in [1.54, 1.807) is 0 Å². The van der Waals surface area contributed by atoms with Crippen LogP contribution in [0.4, 0.5) is 0 Å². The van der Waals surface area contributed by atoms with Crippen LogP contribution in [-0.2, 0) is 0 Å². The predicted octanol–water partition coefficient (Wildman–Crippen LogP) is 1.07. The molecule has 0 amide bonds. The third kappa shape index (κ3) is 4.41. The summed E-state index contributed by atoms with van der Waals surface area (Å²) in [4.78, 5) is 0. The summed E-state index contributed by atoms with van der Waals surface area (Å²) < 4.78 is 0. The number of hydrogen-bond acceptors (Lipinski definition) is 1. The third-order valence-electron chi connectivity index (χ3n) is 0.702. The molecule has 0 aliphatic rings. The van der Waals surface area contributed by atoms with Crippen LogP contribution >= 0.6 is 11.6 Å². The summed E-state index contributed by atoms with van der Waals surface area (Å²) in [6, 6.07) is 0. The van der Waals surface area contributed by atoms with Crippen molar-refractivity contribution in [3.05, 3.63) is 0 Å². The summed E-state index contributed by atoms with van der Waals surface area (Å²) in [5.41, 5.74) is 0. The molecule has 0 radical (unpaired) electrons. The molecule has 6 heavy (non-hydrogen) atoms. The first-order chi connectivity index (χ1) is 2.91. The van der Waals surface area contributed by atoms with Crippen LogP contribution in [0, 0.1) is 0 Å². The van der Waals surface area contributed by atoms with Gasteiger partial charge in [0.15, 0.2) is 7.12 Å². The first-order valence-electron chi connectivity index (χ1n) is 2.40. The van der Waals surface area contributed by atoms with E-state index in [0.717, 1.165) is 0 Å². The highest BCUT2D eigenvalue weighted by Gasteiger charge is 1.75. The molecule has 0 aromatic heterocycles. The summed E-state index contributed by atoms with van der Waals surface area (Å²) in [7, 11) is 2.15. The zero-order chi connectivity index (χ0) is 4.83. The topological polar surface area (TPSA) is 0 Å². The van der Waals surface area contributed by atoms with E-state index in [1.165, 1.54) is 18.6 Å². The highest BCUT2D eigenvalue weighted by molar-refractivity contribution is 8.19. The number of hydrogen-bond donors (Lipinski definition) is 0. The third-order valence-corrected chi connectivity index (χ3v) is 1.40. The highest BCUT2D eigenvalue weighted by atomic mass is 32.2. The van der Waals surface area contributed by atoms with E-state index in [4.69, 9.17) is 0 Å². The lowest BCUT2D eigenvalue weighted by atomic mass is 10.4. The van der Waals surface area contributed by atoms with E-state index in [-0.39, 0.29) is 0 Å². The van der Waals surface area contributed by atoms with Gasteiger partial charge in [-0.15, -0.1) is 0 Å². The van der Waals surface area contributed by atoms with Crippen molar-refractivity contribution in [3.63, 3.8) is 0 Å². The molecule has 0 fully saturated rings. The van der Waals surface area contributed by atoms with Crippen LogP contribution in [0.25, 0.3) is 0 Å². The van der Waals surface area contributed by atoms with Gasteiger partial charge in [0.1, 0.15) is 0 Å². The minimum atomic E-state index is 1.33. The molecule has 0 saturated carbocycles. The van der Waals surface area contributed by atoms with Crippen molar-refractivity contribution in [2.24, 2.45) is 0 Å². The Morgan fingerprint density at radius 2 is 2.33 bits per heavy atom. The highest BCUT2D eigenvalue weighted by Crippen LogP contribution is 1.95. The second-order valence-corrected chi connectivity index (χ2v) is 2.33. The average Bonchev–Trinajstić information content (AvgIpc) is 1.61. The molecule has 0 spiro atoms. The van der Waals surface area contributed by atoms with Crippen molar-refractivity contribution in [2.75, 3.05) is 5.75 Å². The molecule has 2 heteroatoms. The van der Waals surface area contributed by atoms with Crippen LogP contribution in [0.15, 0.2) is 0 Å². The monoisotopic (exact) mass is 102 g/mol. The van der Waals surface area contributed by atoms with Crippen LogP contribution in [0.5, 0.6) is 0 Å². The summed E-state index contributed by atoms with van der Waals surface area (Å²) in [5, 5.41) is 0. The predicted molar refractivity (Wildman–Crippen MR) is 35.9 cm³/mol. The molecule has 0 rings (SSSR count). The fourth-order valence-electron chi connectivity index (χ4n) is 0.289. The van der Waals surface area contributed by atoms with Crippen molar-refractivity contribution in [2.45, 2.75) is 19.8 Å². The summed E-state index contributed by atoms with van der Waals surface area (Å²) >= 11 is 1.93. The molecule has 0 aliphatic carbocycles. The first kappa shape index (κ1) is 6.41. The van der Waals surface area contributed by atoms with Gasteiger partial charge in [-0.1, -0.05) is 13.3 Å². The molecule has 0 unspecified atom stereocenters. The molecule has 36 valence electrons. The second kappa shape index (κ2) is 5.41. The zero-order valence-corrected chi connectivity index (χ0v) is 5.35. The molecule has 0 saturated heterocycles. The van der Waals surface area contributed by atoms with Crippen molar-refractivity contribution >= 4 is 18.7 Å². The van der Waals surface area contributed by atoms with Crippen LogP contribution in [-0.4, -0.2) is 12.9 Å². The Morgan fingerprint density at radius 3 is 2.50 bits per heavy atom. The first-order valence-corrected chi connectivity index (χ1v) is 3.80. The largest absolute Gasteiger partial charge is 0.220 e. The molecule has 0 aromatic rings. The van der Waals surface area contributed by atoms with Gasteiger partial charge in [-0.05, 0) is 12.2 Å². The molecule has 0 aliphatic heterocycles. The van der Waals surface area contributed by atoms with Crippen molar-refractivity contribution in [3.8, 4) is 0 Å². The van der Waals surface area contributed by atoms with Crippen molar-refractivity contribution in [1.82, 2.24) is 0 Å². The van der Waals surface area contributed by atoms with Gasteiger partial charge in [0.2, 0.25) is 0 Å². The fourth-order valence-corrected chi connectivity index (χ4v) is 0.866. The molecule has 0 N–H and O–H groups in total. The molecule has 0 aromatic carbocycles. The zero-order valence-electron chi connectivity index (χ0n) is 4.53. The lowest BCUT2D eigenvalue weighted by Crippen LogP contribution is -1.72. The maximum absolute atomic E-state index is 2.22. The number of rotatable bonds is 3. The smallest absolute Gasteiger partial charge is 0.173 e. The van der Waals surface area contributed by atoms with Crippen LogP contribution in [0.3, 0.4) is 0 Å². The lowest BCUT2D eigenvalue weighted by molar-refractivity contribution is 0.898. The molecular weight excluding hydrogens is 90.9 g/mol. The van der Waals surface area contributed by atoms with Gasteiger partial charge in [0.25, 0.3) is 0 Å². The van der Waals surface area contributed by atoms with E-state index in [1.807, 2.05) is 11.6 Å². The second-order valence-electron chi connectivity index (χ2n) is 1.35. The van der Waals surface area contributed by atoms with Gasteiger partial charge in [-0.25, -0.2) is 11.6 Å². The van der Waals surface area contributed by atoms with E-state index >= 15 is 0 Å². The van der Waals surface area contributed by atoms with Crippen LogP contribution in [0.1, 0.15) is 19.8 Å². The van der Waals surface area contributed by atoms with E-state index in [2.05, 4.69) is 14.0 Å².